The molecular weight excluding hydrogens is 373 g/mol. The Balaban J connectivity index is 1.75. The molecule has 0 bridgehead atoms. The Labute approximate surface area is 165 Å². The van der Waals surface area contributed by atoms with E-state index in [1.54, 1.807) is 28.3 Å². The lowest BCUT2D eigenvalue weighted by Gasteiger charge is -2.13. The first-order valence-corrected chi connectivity index (χ1v) is 9.71. The fourth-order valence-corrected chi connectivity index (χ4v) is 4.22. The van der Waals surface area contributed by atoms with Crippen LogP contribution in [0.1, 0.15) is 37.4 Å². The Kier molecular flexibility index (Phi) is 4.35. The van der Waals surface area contributed by atoms with Crippen molar-refractivity contribution in [2.24, 2.45) is 0 Å². The molecule has 3 aromatic heterocycles. The number of aromatic nitrogens is 5. The van der Waals surface area contributed by atoms with Gasteiger partial charge in [0, 0.05) is 19.3 Å². The summed E-state index contributed by atoms with van der Waals surface area (Å²) >= 11 is 0. The molecule has 0 spiro atoms. The zero-order valence-corrected chi connectivity index (χ0v) is 16.0. The third-order valence-corrected chi connectivity index (χ3v) is 5.61. The zero-order valence-electron chi connectivity index (χ0n) is 16.0. The maximum atomic E-state index is 13.4. The van der Waals surface area contributed by atoms with E-state index in [0.29, 0.717) is 22.4 Å². The van der Waals surface area contributed by atoms with Gasteiger partial charge in [-0.1, -0.05) is 25.0 Å². The highest BCUT2D eigenvalue weighted by molar-refractivity contribution is 5.84. The Morgan fingerprint density at radius 1 is 1.14 bits per heavy atom. The van der Waals surface area contributed by atoms with Crippen molar-refractivity contribution in [1.29, 1.82) is 0 Å². The topological polar surface area (TPSA) is 74.3 Å². The predicted octanol–water partition coefficient (Wildman–Crippen LogP) is 3.51. The highest BCUT2D eigenvalue weighted by Gasteiger charge is 2.22. The number of ether oxygens (including phenoxy) is 1. The van der Waals surface area contributed by atoms with Gasteiger partial charge in [-0.2, -0.15) is 5.10 Å². The van der Waals surface area contributed by atoms with Crippen LogP contribution >= 0.6 is 0 Å². The van der Waals surface area contributed by atoms with E-state index in [1.807, 2.05) is 12.3 Å². The van der Waals surface area contributed by atoms with Gasteiger partial charge in [-0.3, -0.25) is 4.79 Å². The Bertz CT molecular complexity index is 1260. The van der Waals surface area contributed by atoms with Crippen LogP contribution in [0.3, 0.4) is 0 Å². The maximum absolute atomic E-state index is 13.4. The number of nitrogens with zero attached hydrogens (tertiary/aromatic N) is 5. The molecule has 5 rings (SSSR count). The van der Waals surface area contributed by atoms with Gasteiger partial charge >= 0.3 is 0 Å². The summed E-state index contributed by atoms with van der Waals surface area (Å²) < 4.78 is 22.1. The number of benzene rings is 1. The SMILES string of the molecule is COCc1nn2c(nnc3c(=O)n(C4CCCC4)ccc32)c1-c1ccc(F)cc1. The quantitative estimate of drug-likeness (QED) is 0.530. The number of fused-ring (bicyclic) bond motifs is 3. The molecule has 0 N–H and O–H groups in total. The van der Waals surface area contributed by atoms with Gasteiger partial charge in [-0.15, -0.1) is 10.2 Å². The van der Waals surface area contributed by atoms with Gasteiger partial charge in [0.25, 0.3) is 5.56 Å². The number of pyridine rings is 1. The number of hydrogen-bond acceptors (Lipinski definition) is 5. The molecule has 1 aliphatic carbocycles. The van der Waals surface area contributed by atoms with E-state index >= 15 is 0 Å². The minimum atomic E-state index is -0.317. The number of rotatable bonds is 4. The van der Waals surface area contributed by atoms with E-state index < -0.39 is 0 Å². The molecule has 1 saturated carbocycles. The van der Waals surface area contributed by atoms with Crippen molar-refractivity contribution in [3.63, 3.8) is 0 Å². The second-order valence-electron chi connectivity index (χ2n) is 7.40. The van der Waals surface area contributed by atoms with E-state index in [2.05, 4.69) is 15.3 Å². The molecule has 1 aromatic carbocycles. The monoisotopic (exact) mass is 393 g/mol. The molecule has 148 valence electrons. The molecule has 3 heterocycles. The highest BCUT2D eigenvalue weighted by Crippen LogP contribution is 2.31. The van der Waals surface area contributed by atoms with Gasteiger partial charge in [0.15, 0.2) is 11.2 Å². The van der Waals surface area contributed by atoms with Crippen molar-refractivity contribution in [2.45, 2.75) is 38.3 Å². The van der Waals surface area contributed by atoms with Crippen LogP contribution in [0.15, 0.2) is 41.3 Å². The largest absolute Gasteiger partial charge is 0.378 e. The molecule has 0 amide bonds. The molecule has 4 aromatic rings. The molecule has 0 saturated heterocycles. The van der Waals surface area contributed by atoms with E-state index in [4.69, 9.17) is 4.74 Å². The molecule has 0 aliphatic heterocycles. The van der Waals surface area contributed by atoms with Crippen LogP contribution in [0, 0.1) is 5.82 Å². The van der Waals surface area contributed by atoms with Gasteiger partial charge in [0.1, 0.15) is 11.3 Å². The van der Waals surface area contributed by atoms with Crippen LogP contribution in [0.25, 0.3) is 27.8 Å². The summed E-state index contributed by atoms with van der Waals surface area (Å²) in [5.74, 6) is -0.317. The molecule has 1 fully saturated rings. The maximum Gasteiger partial charge on any atom is 0.280 e. The smallest absolute Gasteiger partial charge is 0.280 e. The standard InChI is InChI=1S/C21H20FN5O2/c1-29-12-16-18(13-6-8-14(22)9-7-13)20-24-23-19-17(27(20)25-16)10-11-26(21(19)28)15-4-2-3-5-15/h6-11,15H,2-5,12H2,1H3. The van der Waals surface area contributed by atoms with Crippen LogP contribution in [-0.4, -0.2) is 31.5 Å². The molecular formula is C21H20FN5O2. The van der Waals surface area contributed by atoms with Crippen molar-refractivity contribution in [1.82, 2.24) is 24.4 Å². The van der Waals surface area contributed by atoms with Crippen LogP contribution in [0.4, 0.5) is 4.39 Å². The third kappa shape index (κ3) is 2.91. The minimum Gasteiger partial charge on any atom is -0.378 e. The highest BCUT2D eigenvalue weighted by atomic mass is 19.1. The zero-order chi connectivity index (χ0) is 20.0. The third-order valence-electron chi connectivity index (χ3n) is 5.61. The van der Waals surface area contributed by atoms with E-state index in [1.165, 1.54) is 12.1 Å². The summed E-state index contributed by atoms with van der Waals surface area (Å²) in [6.45, 7) is 0.261. The summed E-state index contributed by atoms with van der Waals surface area (Å²) in [5, 5.41) is 13.2. The Morgan fingerprint density at radius 2 is 1.90 bits per heavy atom. The molecule has 0 radical (unpaired) electrons. The number of methoxy groups -OCH3 is 1. The average Bonchev–Trinajstić information content (AvgIpc) is 3.37. The minimum absolute atomic E-state index is 0.143. The fourth-order valence-electron chi connectivity index (χ4n) is 4.22. The number of halogens is 1. The van der Waals surface area contributed by atoms with Gasteiger partial charge in [-0.05, 0) is 36.6 Å². The summed E-state index contributed by atoms with van der Waals surface area (Å²) in [7, 11) is 1.59. The van der Waals surface area contributed by atoms with Gasteiger partial charge in [0.2, 0.25) is 0 Å². The first kappa shape index (κ1) is 17.9. The van der Waals surface area contributed by atoms with Gasteiger partial charge in [0.05, 0.1) is 17.9 Å². The van der Waals surface area contributed by atoms with Crippen molar-refractivity contribution in [2.75, 3.05) is 7.11 Å². The van der Waals surface area contributed by atoms with Crippen LogP contribution < -0.4 is 5.56 Å². The molecule has 8 heteroatoms. The second kappa shape index (κ2) is 7.04. The van der Waals surface area contributed by atoms with Crippen molar-refractivity contribution in [3.8, 4) is 11.1 Å². The number of hydrogen-bond donors (Lipinski definition) is 0. The van der Waals surface area contributed by atoms with Crippen molar-refractivity contribution >= 4 is 16.7 Å². The van der Waals surface area contributed by atoms with Crippen molar-refractivity contribution < 1.29 is 9.13 Å². The molecule has 1 aliphatic rings. The molecule has 29 heavy (non-hydrogen) atoms. The van der Waals surface area contributed by atoms with Crippen LogP contribution in [0.2, 0.25) is 0 Å². The predicted molar refractivity (Wildman–Crippen MR) is 106 cm³/mol. The molecule has 7 nitrogen and oxygen atoms in total. The second-order valence-corrected chi connectivity index (χ2v) is 7.40. The first-order valence-electron chi connectivity index (χ1n) is 9.71. The normalized spacial score (nSPS) is 15.0. The van der Waals surface area contributed by atoms with Gasteiger partial charge in [-0.25, -0.2) is 8.91 Å². The molecule has 0 unspecified atom stereocenters. The molecule has 0 atom stereocenters. The average molecular weight is 393 g/mol. The van der Waals surface area contributed by atoms with E-state index in [-0.39, 0.29) is 24.0 Å². The first-order chi connectivity index (χ1) is 14.2. The van der Waals surface area contributed by atoms with Crippen LogP contribution in [-0.2, 0) is 11.3 Å². The summed E-state index contributed by atoms with van der Waals surface area (Å²) in [6, 6.07) is 8.23. The Morgan fingerprint density at radius 3 is 2.62 bits per heavy atom. The lowest BCUT2D eigenvalue weighted by Crippen LogP contribution is -2.24. The lowest BCUT2D eigenvalue weighted by atomic mass is 10.1. The van der Waals surface area contributed by atoms with E-state index in [9.17, 15) is 9.18 Å². The van der Waals surface area contributed by atoms with Crippen molar-refractivity contribution in [3.05, 3.63) is 58.4 Å². The van der Waals surface area contributed by atoms with Gasteiger partial charge < -0.3 is 9.30 Å². The fraction of sp³-hybridized carbons (Fsp3) is 0.333. The summed E-state index contributed by atoms with van der Waals surface area (Å²) in [5.41, 5.74) is 3.40. The summed E-state index contributed by atoms with van der Waals surface area (Å²) in [4.78, 5) is 13.0. The van der Waals surface area contributed by atoms with Crippen LogP contribution in [0.5, 0.6) is 0 Å². The Hall–Kier alpha value is -3.13. The lowest BCUT2D eigenvalue weighted by molar-refractivity contribution is 0.181. The van der Waals surface area contributed by atoms with E-state index in [0.717, 1.165) is 36.8 Å². The summed E-state index contributed by atoms with van der Waals surface area (Å²) in [6.07, 6.45) is 6.13.